The highest BCUT2D eigenvalue weighted by Crippen LogP contribution is 2.32. The maximum absolute atomic E-state index is 4.35. The zero-order chi connectivity index (χ0) is 15.3. The molecule has 1 aliphatic heterocycles. The van der Waals surface area contributed by atoms with Gasteiger partial charge < -0.3 is 10.2 Å². The van der Waals surface area contributed by atoms with Gasteiger partial charge in [0, 0.05) is 36.3 Å². The van der Waals surface area contributed by atoms with E-state index in [9.17, 15) is 0 Å². The number of anilines is 1. The number of hydrogen-bond acceptors (Lipinski definition) is 4. The lowest BCUT2D eigenvalue weighted by molar-refractivity contribution is 0.551. The van der Waals surface area contributed by atoms with Crippen molar-refractivity contribution in [3.8, 4) is 0 Å². The van der Waals surface area contributed by atoms with Crippen LogP contribution >= 0.6 is 11.8 Å². The molecule has 0 saturated carbocycles. The van der Waals surface area contributed by atoms with Gasteiger partial charge in [-0.2, -0.15) is 11.8 Å². The van der Waals surface area contributed by atoms with Crippen molar-refractivity contribution in [2.45, 2.75) is 45.4 Å². The van der Waals surface area contributed by atoms with Crippen molar-refractivity contribution in [1.29, 1.82) is 0 Å². The monoisotopic (exact) mass is 307 g/mol. The van der Waals surface area contributed by atoms with Crippen molar-refractivity contribution >= 4 is 17.4 Å². The molecule has 0 unspecified atom stereocenters. The normalized spacial score (nSPS) is 18.8. The van der Waals surface area contributed by atoms with Gasteiger partial charge in [0.25, 0.3) is 0 Å². The van der Waals surface area contributed by atoms with E-state index in [4.69, 9.17) is 0 Å². The van der Waals surface area contributed by atoms with Crippen LogP contribution in [-0.4, -0.2) is 35.1 Å². The van der Waals surface area contributed by atoms with E-state index >= 15 is 0 Å². The molecule has 2 rings (SSSR count). The van der Waals surface area contributed by atoms with Crippen LogP contribution in [0.15, 0.2) is 18.5 Å². The van der Waals surface area contributed by atoms with E-state index in [2.05, 4.69) is 60.7 Å². The third kappa shape index (κ3) is 5.19. The third-order valence-electron chi connectivity index (χ3n) is 3.93. The van der Waals surface area contributed by atoms with E-state index < -0.39 is 0 Å². The summed E-state index contributed by atoms with van der Waals surface area (Å²) < 4.78 is 0.396. The van der Waals surface area contributed by atoms with Crippen LogP contribution < -0.4 is 10.2 Å². The predicted molar refractivity (Wildman–Crippen MR) is 94.1 cm³/mol. The van der Waals surface area contributed by atoms with Gasteiger partial charge in [-0.25, -0.2) is 0 Å². The van der Waals surface area contributed by atoms with Crippen LogP contribution in [0.2, 0.25) is 0 Å². The van der Waals surface area contributed by atoms with Crippen molar-refractivity contribution in [3.05, 3.63) is 24.0 Å². The maximum Gasteiger partial charge on any atom is 0.0598 e. The molecule has 0 aromatic carbocycles. The quantitative estimate of drug-likeness (QED) is 0.900. The fourth-order valence-corrected chi connectivity index (χ4v) is 3.71. The average Bonchev–Trinajstić information content (AvgIpc) is 2.60. The first-order valence-corrected chi connectivity index (χ1v) is 8.99. The molecule has 0 aliphatic carbocycles. The minimum atomic E-state index is 0.396. The number of hydrogen-bond donors (Lipinski definition) is 1. The van der Waals surface area contributed by atoms with E-state index in [0.717, 1.165) is 26.2 Å². The van der Waals surface area contributed by atoms with E-state index in [0.29, 0.717) is 10.7 Å². The first-order chi connectivity index (χ1) is 9.98. The second-order valence-corrected chi connectivity index (χ2v) is 8.68. The lowest BCUT2D eigenvalue weighted by atomic mass is 10.1. The molecule has 0 radical (unpaired) electrons. The van der Waals surface area contributed by atoms with Gasteiger partial charge in [0.1, 0.15) is 0 Å². The van der Waals surface area contributed by atoms with Crippen LogP contribution in [0.3, 0.4) is 0 Å². The fourth-order valence-electron chi connectivity index (χ4n) is 2.61. The van der Waals surface area contributed by atoms with Crippen LogP contribution in [0.1, 0.15) is 39.7 Å². The molecule has 1 aromatic rings. The second kappa shape index (κ2) is 7.50. The van der Waals surface area contributed by atoms with Gasteiger partial charge >= 0.3 is 0 Å². The highest BCUT2D eigenvalue weighted by molar-refractivity contribution is 8.00. The lowest BCUT2D eigenvalue weighted by Crippen LogP contribution is -2.29. The Kier molecular flexibility index (Phi) is 5.94. The molecule has 1 N–H and O–H groups in total. The summed E-state index contributed by atoms with van der Waals surface area (Å²) in [6.07, 6.45) is 5.17. The summed E-state index contributed by atoms with van der Waals surface area (Å²) in [5.41, 5.74) is 2.68. The smallest absolute Gasteiger partial charge is 0.0598 e. The van der Waals surface area contributed by atoms with Gasteiger partial charge in [-0.1, -0.05) is 27.7 Å². The largest absolute Gasteiger partial charge is 0.369 e. The third-order valence-corrected chi connectivity index (χ3v) is 5.31. The fraction of sp³-hybridized carbons (Fsp3) is 0.706. The highest BCUT2D eigenvalue weighted by Gasteiger charge is 2.24. The van der Waals surface area contributed by atoms with Crippen LogP contribution in [0, 0.1) is 5.92 Å². The Balaban J connectivity index is 2.05. The molecule has 0 amide bonds. The lowest BCUT2D eigenvalue weighted by Gasteiger charge is -2.26. The first kappa shape index (κ1) is 16.6. The van der Waals surface area contributed by atoms with E-state index in [1.807, 2.05) is 12.4 Å². The molecule has 1 saturated heterocycles. The van der Waals surface area contributed by atoms with Crippen molar-refractivity contribution in [1.82, 2.24) is 10.3 Å². The van der Waals surface area contributed by atoms with E-state index in [1.54, 1.807) is 0 Å². The van der Waals surface area contributed by atoms with Crippen molar-refractivity contribution in [2.75, 3.05) is 30.3 Å². The van der Waals surface area contributed by atoms with Gasteiger partial charge in [-0.05, 0) is 30.5 Å². The summed E-state index contributed by atoms with van der Waals surface area (Å²) in [6, 6.07) is 2.16. The van der Waals surface area contributed by atoms with Gasteiger partial charge in [0.15, 0.2) is 0 Å². The van der Waals surface area contributed by atoms with Crippen LogP contribution in [0.4, 0.5) is 5.69 Å². The van der Waals surface area contributed by atoms with Gasteiger partial charge in [0.2, 0.25) is 0 Å². The Morgan fingerprint density at radius 2 is 2.19 bits per heavy atom. The zero-order valence-electron chi connectivity index (χ0n) is 13.9. The average molecular weight is 308 g/mol. The first-order valence-electron chi connectivity index (χ1n) is 8.00. The van der Waals surface area contributed by atoms with Crippen LogP contribution in [0.25, 0.3) is 0 Å². The number of rotatable bonds is 5. The summed E-state index contributed by atoms with van der Waals surface area (Å²) in [7, 11) is 0. The summed E-state index contributed by atoms with van der Waals surface area (Å²) in [6.45, 7) is 13.4. The van der Waals surface area contributed by atoms with Crippen LogP contribution in [-0.2, 0) is 6.54 Å². The molecule has 0 atom stereocenters. The van der Waals surface area contributed by atoms with Crippen LogP contribution in [0.5, 0.6) is 0 Å². The Morgan fingerprint density at radius 1 is 1.38 bits per heavy atom. The number of pyridine rings is 1. The predicted octanol–water partition coefficient (Wildman–Crippen LogP) is 3.55. The molecular weight excluding hydrogens is 278 g/mol. The molecule has 118 valence electrons. The van der Waals surface area contributed by atoms with E-state index in [-0.39, 0.29) is 0 Å². The number of aromatic nitrogens is 1. The Morgan fingerprint density at radius 3 is 2.95 bits per heavy atom. The summed E-state index contributed by atoms with van der Waals surface area (Å²) in [5, 5.41) is 3.55. The molecular formula is C17H29N3S. The second-order valence-electron chi connectivity index (χ2n) is 6.87. The summed E-state index contributed by atoms with van der Waals surface area (Å²) in [5.74, 6) is 1.88. The molecule has 0 spiro atoms. The molecule has 1 aromatic heterocycles. The van der Waals surface area contributed by atoms with Crippen molar-refractivity contribution in [2.24, 2.45) is 5.92 Å². The highest BCUT2D eigenvalue weighted by atomic mass is 32.2. The molecule has 4 heteroatoms. The number of thioether (sulfide) groups is 1. The number of nitrogens with one attached hydrogen (secondary N) is 1. The van der Waals surface area contributed by atoms with Gasteiger partial charge in [0.05, 0.1) is 11.9 Å². The zero-order valence-corrected chi connectivity index (χ0v) is 14.7. The molecule has 1 fully saturated rings. The maximum atomic E-state index is 4.35. The van der Waals surface area contributed by atoms with Crippen molar-refractivity contribution in [3.63, 3.8) is 0 Å². The molecule has 0 bridgehead atoms. The summed E-state index contributed by atoms with van der Waals surface area (Å²) >= 11 is 2.09. The minimum Gasteiger partial charge on any atom is -0.369 e. The Bertz CT molecular complexity index is 445. The van der Waals surface area contributed by atoms with Gasteiger partial charge in [-0.15, -0.1) is 0 Å². The topological polar surface area (TPSA) is 28.2 Å². The standard InChI is InChI=1S/C17H29N3S/c1-14(2)11-19-12-15-5-7-18-13-16(15)20-8-6-17(3,4)21-10-9-20/h5,7,13-14,19H,6,8-12H2,1-4H3. The summed E-state index contributed by atoms with van der Waals surface area (Å²) in [4.78, 5) is 6.87. The Hall–Kier alpha value is -0.740. The van der Waals surface area contributed by atoms with Gasteiger partial charge in [-0.3, -0.25) is 4.98 Å². The molecule has 2 heterocycles. The van der Waals surface area contributed by atoms with E-state index in [1.165, 1.54) is 23.4 Å². The van der Waals surface area contributed by atoms with Crippen molar-refractivity contribution < 1.29 is 0 Å². The molecule has 1 aliphatic rings. The Labute approximate surface area is 133 Å². The molecule has 21 heavy (non-hydrogen) atoms. The minimum absolute atomic E-state index is 0.396. The molecule has 3 nitrogen and oxygen atoms in total. The number of nitrogens with zero attached hydrogens (tertiary/aromatic N) is 2. The SMILES string of the molecule is CC(C)CNCc1ccncc1N1CCSC(C)(C)CC1.